The number of hydrogen-bond donors (Lipinski definition) is 1. The predicted molar refractivity (Wildman–Crippen MR) is 73.1 cm³/mol. The van der Waals surface area contributed by atoms with Gasteiger partial charge in [0.25, 0.3) is 0 Å². The number of ether oxygens (including phenoxy) is 1. The molecule has 0 aromatic heterocycles. The van der Waals surface area contributed by atoms with Crippen LogP contribution >= 0.6 is 0 Å². The highest BCUT2D eigenvalue weighted by atomic mass is 16.5. The van der Waals surface area contributed by atoms with E-state index >= 15 is 0 Å². The summed E-state index contributed by atoms with van der Waals surface area (Å²) >= 11 is 0. The van der Waals surface area contributed by atoms with Gasteiger partial charge in [0.05, 0.1) is 12.7 Å². The number of hydrogen-bond acceptors (Lipinski definition) is 3. The first-order valence-electron chi connectivity index (χ1n) is 6.58. The van der Waals surface area contributed by atoms with Crippen LogP contribution < -0.4 is 5.32 Å². The van der Waals surface area contributed by atoms with Gasteiger partial charge in [-0.2, -0.15) is 5.26 Å². The van der Waals surface area contributed by atoms with Gasteiger partial charge in [-0.15, -0.1) is 0 Å². The van der Waals surface area contributed by atoms with Gasteiger partial charge < -0.3 is 4.74 Å². The first-order chi connectivity index (χ1) is 8.79. The van der Waals surface area contributed by atoms with E-state index in [2.05, 4.69) is 18.3 Å². The van der Waals surface area contributed by atoms with Gasteiger partial charge in [-0.1, -0.05) is 50.6 Å². The molecule has 0 fully saturated rings. The highest BCUT2D eigenvalue weighted by molar-refractivity contribution is 5.31. The van der Waals surface area contributed by atoms with Crippen molar-refractivity contribution in [3.63, 3.8) is 0 Å². The van der Waals surface area contributed by atoms with Gasteiger partial charge in [0.1, 0.15) is 0 Å². The Labute approximate surface area is 110 Å². The van der Waals surface area contributed by atoms with Crippen LogP contribution in [0.1, 0.15) is 32.3 Å². The fourth-order valence-corrected chi connectivity index (χ4v) is 1.87. The fraction of sp³-hybridized carbons (Fsp3) is 0.533. The van der Waals surface area contributed by atoms with E-state index in [1.807, 2.05) is 37.3 Å². The zero-order chi connectivity index (χ0) is 13.3. The summed E-state index contributed by atoms with van der Waals surface area (Å²) in [5, 5.41) is 12.8. The SMILES string of the molecule is CCCCOCC(C#N)(NCC)c1ccccc1. The average molecular weight is 246 g/mol. The molecule has 0 amide bonds. The Kier molecular flexibility index (Phi) is 6.42. The van der Waals surface area contributed by atoms with Gasteiger partial charge in [-0.25, -0.2) is 0 Å². The molecular weight excluding hydrogens is 224 g/mol. The number of rotatable bonds is 8. The molecule has 1 aromatic carbocycles. The number of nitrogens with zero attached hydrogens (tertiary/aromatic N) is 1. The van der Waals surface area contributed by atoms with Crippen LogP contribution in [0.4, 0.5) is 0 Å². The van der Waals surface area contributed by atoms with Crippen molar-refractivity contribution < 1.29 is 4.74 Å². The van der Waals surface area contributed by atoms with Crippen LogP contribution in [0, 0.1) is 11.3 Å². The van der Waals surface area contributed by atoms with Crippen molar-refractivity contribution in [2.75, 3.05) is 19.8 Å². The van der Waals surface area contributed by atoms with Crippen molar-refractivity contribution in [1.29, 1.82) is 5.26 Å². The van der Waals surface area contributed by atoms with Gasteiger partial charge in [0.2, 0.25) is 0 Å². The molecule has 98 valence electrons. The van der Waals surface area contributed by atoms with Crippen LogP contribution in [0.25, 0.3) is 0 Å². The normalized spacial score (nSPS) is 13.8. The summed E-state index contributed by atoms with van der Waals surface area (Å²) in [5.74, 6) is 0. The molecule has 3 heteroatoms. The number of benzene rings is 1. The Morgan fingerprint density at radius 1 is 1.28 bits per heavy atom. The van der Waals surface area contributed by atoms with E-state index in [9.17, 15) is 5.26 Å². The van der Waals surface area contributed by atoms with E-state index in [-0.39, 0.29) is 0 Å². The molecule has 0 heterocycles. The molecule has 1 atom stereocenters. The van der Waals surface area contributed by atoms with Crippen LogP contribution in [-0.4, -0.2) is 19.8 Å². The number of likely N-dealkylation sites (N-methyl/N-ethyl adjacent to an activating group) is 1. The average Bonchev–Trinajstić information content (AvgIpc) is 2.43. The summed E-state index contributed by atoms with van der Waals surface area (Å²) in [6.45, 7) is 5.96. The van der Waals surface area contributed by atoms with E-state index in [1.54, 1.807) is 0 Å². The largest absolute Gasteiger partial charge is 0.378 e. The van der Waals surface area contributed by atoms with Crippen molar-refractivity contribution >= 4 is 0 Å². The quantitative estimate of drug-likeness (QED) is 0.717. The van der Waals surface area contributed by atoms with Crippen molar-refractivity contribution in [2.24, 2.45) is 0 Å². The summed E-state index contributed by atoms with van der Waals surface area (Å²) in [6, 6.07) is 12.2. The molecule has 0 radical (unpaired) electrons. The second-order valence-corrected chi connectivity index (χ2v) is 4.32. The second kappa shape index (κ2) is 7.86. The molecule has 0 aliphatic carbocycles. The van der Waals surface area contributed by atoms with E-state index in [0.29, 0.717) is 13.2 Å². The lowest BCUT2D eigenvalue weighted by atomic mass is 9.92. The number of nitrogens with one attached hydrogen (secondary N) is 1. The van der Waals surface area contributed by atoms with Gasteiger partial charge in [-0.3, -0.25) is 5.32 Å². The van der Waals surface area contributed by atoms with Gasteiger partial charge >= 0.3 is 0 Å². The predicted octanol–water partition coefficient (Wildman–Crippen LogP) is 2.83. The first kappa shape index (κ1) is 14.7. The molecule has 0 aliphatic rings. The molecule has 0 bridgehead atoms. The van der Waals surface area contributed by atoms with E-state index in [1.165, 1.54) is 0 Å². The molecule has 1 unspecified atom stereocenters. The van der Waals surface area contributed by atoms with Gasteiger partial charge in [0, 0.05) is 6.61 Å². The summed E-state index contributed by atoms with van der Waals surface area (Å²) < 4.78 is 5.65. The minimum absolute atomic E-state index is 0.390. The Morgan fingerprint density at radius 3 is 2.56 bits per heavy atom. The van der Waals surface area contributed by atoms with Crippen LogP contribution in [0.5, 0.6) is 0 Å². The third kappa shape index (κ3) is 3.83. The second-order valence-electron chi connectivity index (χ2n) is 4.32. The molecule has 0 saturated carbocycles. The van der Waals surface area contributed by atoms with E-state index in [0.717, 1.165) is 24.9 Å². The number of unbranched alkanes of at least 4 members (excludes halogenated alkanes) is 1. The summed E-state index contributed by atoms with van der Waals surface area (Å²) in [7, 11) is 0. The standard InChI is InChI=1S/C15H22N2O/c1-3-5-11-18-13-15(12-16,17-4-2)14-9-7-6-8-10-14/h6-10,17H,3-5,11,13H2,1-2H3. The molecule has 3 nitrogen and oxygen atoms in total. The first-order valence-corrected chi connectivity index (χ1v) is 6.58. The topological polar surface area (TPSA) is 45.0 Å². The molecule has 1 rings (SSSR count). The summed E-state index contributed by atoms with van der Waals surface area (Å²) in [6.07, 6.45) is 2.13. The van der Waals surface area contributed by atoms with Gasteiger partial charge in [0.15, 0.2) is 5.54 Å². The lowest BCUT2D eigenvalue weighted by Gasteiger charge is -2.27. The highest BCUT2D eigenvalue weighted by Gasteiger charge is 2.31. The maximum absolute atomic E-state index is 9.53. The minimum atomic E-state index is -0.732. The maximum Gasteiger partial charge on any atom is 0.155 e. The van der Waals surface area contributed by atoms with Crippen molar-refractivity contribution in [2.45, 2.75) is 32.2 Å². The van der Waals surface area contributed by atoms with Crippen molar-refractivity contribution in [3.8, 4) is 6.07 Å². The van der Waals surface area contributed by atoms with E-state index in [4.69, 9.17) is 4.74 Å². The Hall–Kier alpha value is -1.37. The van der Waals surface area contributed by atoms with Crippen LogP contribution in [0.2, 0.25) is 0 Å². The smallest absolute Gasteiger partial charge is 0.155 e. The Morgan fingerprint density at radius 2 is 2.00 bits per heavy atom. The highest BCUT2D eigenvalue weighted by Crippen LogP contribution is 2.21. The van der Waals surface area contributed by atoms with Crippen molar-refractivity contribution in [1.82, 2.24) is 5.32 Å². The monoisotopic (exact) mass is 246 g/mol. The summed E-state index contributed by atoms with van der Waals surface area (Å²) in [5.41, 5.74) is 0.231. The molecule has 0 saturated heterocycles. The maximum atomic E-state index is 9.53. The zero-order valence-corrected chi connectivity index (χ0v) is 11.3. The zero-order valence-electron chi connectivity index (χ0n) is 11.3. The molecule has 0 aliphatic heterocycles. The lowest BCUT2D eigenvalue weighted by Crippen LogP contribution is -2.45. The lowest BCUT2D eigenvalue weighted by molar-refractivity contribution is 0.0871. The van der Waals surface area contributed by atoms with Crippen molar-refractivity contribution in [3.05, 3.63) is 35.9 Å². The van der Waals surface area contributed by atoms with Crippen LogP contribution in [0.3, 0.4) is 0 Å². The van der Waals surface area contributed by atoms with Gasteiger partial charge in [-0.05, 0) is 18.5 Å². The number of nitriles is 1. The Balaban J connectivity index is 2.79. The van der Waals surface area contributed by atoms with Crippen LogP contribution in [-0.2, 0) is 10.3 Å². The minimum Gasteiger partial charge on any atom is -0.378 e. The molecule has 1 aromatic rings. The molecule has 18 heavy (non-hydrogen) atoms. The molecular formula is C15H22N2O. The fourth-order valence-electron chi connectivity index (χ4n) is 1.87. The Bertz CT molecular complexity index is 372. The van der Waals surface area contributed by atoms with Crippen LogP contribution in [0.15, 0.2) is 30.3 Å². The third-order valence-corrected chi connectivity index (χ3v) is 2.90. The summed E-state index contributed by atoms with van der Waals surface area (Å²) in [4.78, 5) is 0. The van der Waals surface area contributed by atoms with E-state index < -0.39 is 5.54 Å². The third-order valence-electron chi connectivity index (χ3n) is 2.90. The molecule has 0 spiro atoms. The molecule has 1 N–H and O–H groups in total.